The van der Waals surface area contributed by atoms with E-state index in [0.717, 1.165) is 12.2 Å². The van der Waals surface area contributed by atoms with E-state index in [1.807, 2.05) is 0 Å². The van der Waals surface area contributed by atoms with Crippen LogP contribution in [-0.2, 0) is 13.0 Å². The Bertz CT molecular complexity index is 796. The summed E-state index contributed by atoms with van der Waals surface area (Å²) in [6.45, 7) is 0.537. The third-order valence-electron chi connectivity index (χ3n) is 4.24. The number of ether oxygens (including phenoxy) is 2. The van der Waals surface area contributed by atoms with Crippen LogP contribution in [0.5, 0.6) is 11.5 Å². The van der Waals surface area contributed by atoms with Crippen LogP contribution < -0.4 is 20.5 Å². The number of fused-ring (bicyclic) bond motifs is 1. The van der Waals surface area contributed by atoms with Gasteiger partial charge in [0.1, 0.15) is 17.3 Å². The zero-order valence-electron chi connectivity index (χ0n) is 13.7. The van der Waals surface area contributed by atoms with Crippen molar-refractivity contribution < 1.29 is 14.3 Å². The number of rotatable bonds is 4. The Kier molecular flexibility index (Phi) is 4.54. The highest BCUT2D eigenvalue weighted by Crippen LogP contribution is 2.25. The quantitative estimate of drug-likeness (QED) is 0.860. The van der Waals surface area contributed by atoms with Crippen LogP contribution in [0.3, 0.4) is 0 Å². The number of aryl methyl sites for hydroxylation is 1. The second-order valence-corrected chi connectivity index (χ2v) is 5.66. The molecule has 8 heteroatoms. The number of benzene rings is 1. The largest absolute Gasteiger partial charge is 0.497 e. The van der Waals surface area contributed by atoms with Gasteiger partial charge < -0.3 is 14.8 Å². The number of amides is 1. The summed E-state index contributed by atoms with van der Waals surface area (Å²) in [4.78, 5) is 24.2. The molecule has 0 bridgehead atoms. The van der Waals surface area contributed by atoms with Gasteiger partial charge in [0.25, 0.3) is 5.91 Å². The predicted molar refractivity (Wildman–Crippen MR) is 86.6 cm³/mol. The molecule has 1 atom stereocenters. The summed E-state index contributed by atoms with van der Waals surface area (Å²) in [7, 11) is 3.08. The molecule has 0 spiro atoms. The van der Waals surface area contributed by atoms with Gasteiger partial charge in [0.05, 0.1) is 19.8 Å². The number of carbonyl (C=O) groups is 1. The van der Waals surface area contributed by atoms with Gasteiger partial charge >= 0.3 is 5.69 Å². The van der Waals surface area contributed by atoms with E-state index in [9.17, 15) is 9.59 Å². The van der Waals surface area contributed by atoms with Crippen molar-refractivity contribution in [1.29, 1.82) is 0 Å². The van der Waals surface area contributed by atoms with Gasteiger partial charge in [-0.15, -0.1) is 0 Å². The van der Waals surface area contributed by atoms with Crippen LogP contribution in [0.2, 0.25) is 0 Å². The highest BCUT2D eigenvalue weighted by Gasteiger charge is 2.22. The number of hydrogen-bond donors (Lipinski definition) is 2. The lowest BCUT2D eigenvalue weighted by Gasteiger charge is -2.17. The van der Waals surface area contributed by atoms with Crippen LogP contribution >= 0.6 is 0 Å². The lowest BCUT2D eigenvalue weighted by molar-refractivity contribution is 0.0930. The summed E-state index contributed by atoms with van der Waals surface area (Å²) in [5.41, 5.74) is 0.256. The monoisotopic (exact) mass is 332 g/mol. The highest BCUT2D eigenvalue weighted by atomic mass is 16.5. The molecule has 0 aliphatic carbocycles. The van der Waals surface area contributed by atoms with Gasteiger partial charge in [-0.2, -0.15) is 5.10 Å². The number of H-pyrrole nitrogens is 1. The molecule has 1 aliphatic rings. The van der Waals surface area contributed by atoms with Crippen molar-refractivity contribution in [2.24, 2.45) is 0 Å². The molecular weight excluding hydrogens is 312 g/mol. The molecule has 1 aliphatic heterocycles. The van der Waals surface area contributed by atoms with E-state index in [1.165, 1.54) is 7.11 Å². The van der Waals surface area contributed by atoms with Crippen molar-refractivity contribution in [2.45, 2.75) is 31.8 Å². The summed E-state index contributed by atoms with van der Waals surface area (Å²) in [6, 6.07) is 5.06. The van der Waals surface area contributed by atoms with Crippen molar-refractivity contribution in [3.8, 4) is 11.5 Å². The molecule has 128 valence electrons. The van der Waals surface area contributed by atoms with Crippen LogP contribution in [0.4, 0.5) is 0 Å². The number of hydrogen-bond acceptors (Lipinski definition) is 5. The van der Waals surface area contributed by atoms with Crippen LogP contribution in [0.15, 0.2) is 23.0 Å². The summed E-state index contributed by atoms with van der Waals surface area (Å²) in [5, 5.41) is 9.49. The SMILES string of the molecule is COc1ccc(C(=O)NC2CCc3n[nH]c(=O)n3CC2)c(OC)c1. The van der Waals surface area contributed by atoms with Crippen molar-refractivity contribution >= 4 is 5.91 Å². The zero-order chi connectivity index (χ0) is 17.1. The molecule has 2 heterocycles. The Labute approximate surface area is 138 Å². The van der Waals surface area contributed by atoms with Gasteiger partial charge in [0.2, 0.25) is 0 Å². The van der Waals surface area contributed by atoms with Gasteiger partial charge in [-0.3, -0.25) is 9.36 Å². The Morgan fingerprint density at radius 1 is 1.33 bits per heavy atom. The van der Waals surface area contributed by atoms with Crippen LogP contribution in [-0.4, -0.2) is 40.9 Å². The maximum atomic E-state index is 12.6. The molecule has 3 rings (SSSR count). The number of aromatic amines is 1. The Hall–Kier alpha value is -2.77. The number of methoxy groups -OCH3 is 2. The number of nitrogens with one attached hydrogen (secondary N) is 2. The molecule has 0 saturated carbocycles. The number of nitrogens with zero attached hydrogens (tertiary/aromatic N) is 2. The summed E-state index contributed by atoms with van der Waals surface area (Å²) in [5.74, 6) is 1.62. The molecule has 0 fully saturated rings. The lowest BCUT2D eigenvalue weighted by Crippen LogP contribution is -2.35. The standard InChI is InChI=1S/C16H20N4O4/c1-23-11-4-5-12(13(9-11)24-2)15(21)17-10-3-6-14-18-19-16(22)20(14)8-7-10/h4-5,9-10H,3,6-8H2,1-2H3,(H,17,21)(H,19,22). The molecule has 2 aromatic rings. The minimum atomic E-state index is -0.201. The maximum Gasteiger partial charge on any atom is 0.343 e. The normalized spacial score (nSPS) is 16.8. The molecule has 2 N–H and O–H groups in total. The van der Waals surface area contributed by atoms with Crippen molar-refractivity contribution in [2.75, 3.05) is 14.2 Å². The average molecular weight is 332 g/mol. The Morgan fingerprint density at radius 3 is 2.92 bits per heavy atom. The van der Waals surface area contributed by atoms with E-state index in [0.29, 0.717) is 36.4 Å². The molecule has 1 aromatic heterocycles. The fourth-order valence-electron chi connectivity index (χ4n) is 2.90. The van der Waals surface area contributed by atoms with Crippen LogP contribution in [0, 0.1) is 0 Å². The van der Waals surface area contributed by atoms with E-state index in [-0.39, 0.29) is 17.6 Å². The molecule has 0 radical (unpaired) electrons. The topological polar surface area (TPSA) is 98.2 Å². The van der Waals surface area contributed by atoms with Crippen molar-refractivity contribution in [3.63, 3.8) is 0 Å². The van der Waals surface area contributed by atoms with Gasteiger partial charge in [-0.05, 0) is 25.0 Å². The first-order valence-corrected chi connectivity index (χ1v) is 7.79. The van der Waals surface area contributed by atoms with Crippen molar-refractivity contribution in [1.82, 2.24) is 20.1 Å². The molecule has 0 saturated heterocycles. The van der Waals surface area contributed by atoms with Crippen LogP contribution in [0.25, 0.3) is 0 Å². The third-order valence-corrected chi connectivity index (χ3v) is 4.24. The first-order chi connectivity index (χ1) is 11.6. The third kappa shape index (κ3) is 3.12. The minimum absolute atomic E-state index is 0.0228. The molecule has 1 unspecified atom stereocenters. The molecular formula is C16H20N4O4. The smallest absolute Gasteiger partial charge is 0.343 e. The lowest BCUT2D eigenvalue weighted by atomic mass is 10.1. The summed E-state index contributed by atoms with van der Waals surface area (Å²) in [6.07, 6.45) is 2.05. The first-order valence-electron chi connectivity index (χ1n) is 7.79. The summed E-state index contributed by atoms with van der Waals surface area (Å²) < 4.78 is 12.0. The van der Waals surface area contributed by atoms with E-state index in [2.05, 4.69) is 15.5 Å². The molecule has 1 amide bonds. The van der Waals surface area contributed by atoms with E-state index < -0.39 is 0 Å². The van der Waals surface area contributed by atoms with Gasteiger partial charge in [-0.25, -0.2) is 9.89 Å². The first kappa shape index (κ1) is 16.1. The van der Waals surface area contributed by atoms with Gasteiger partial charge in [0, 0.05) is 25.1 Å². The van der Waals surface area contributed by atoms with Crippen LogP contribution in [0.1, 0.15) is 29.0 Å². The maximum absolute atomic E-state index is 12.6. The minimum Gasteiger partial charge on any atom is -0.497 e. The van der Waals surface area contributed by atoms with E-state index in [1.54, 1.807) is 29.9 Å². The number of carbonyl (C=O) groups excluding carboxylic acids is 1. The fraction of sp³-hybridized carbons (Fsp3) is 0.438. The van der Waals surface area contributed by atoms with E-state index in [4.69, 9.17) is 9.47 Å². The van der Waals surface area contributed by atoms with Gasteiger partial charge in [0.15, 0.2) is 0 Å². The molecule has 1 aromatic carbocycles. The highest BCUT2D eigenvalue weighted by molar-refractivity contribution is 5.97. The fourth-order valence-corrected chi connectivity index (χ4v) is 2.90. The van der Waals surface area contributed by atoms with E-state index >= 15 is 0 Å². The second kappa shape index (κ2) is 6.77. The van der Waals surface area contributed by atoms with Gasteiger partial charge in [-0.1, -0.05) is 0 Å². The predicted octanol–water partition coefficient (Wildman–Crippen LogP) is 0.723. The zero-order valence-corrected chi connectivity index (χ0v) is 13.7. The summed E-state index contributed by atoms with van der Waals surface area (Å²) >= 11 is 0. The number of aromatic nitrogens is 3. The Balaban J connectivity index is 1.70. The second-order valence-electron chi connectivity index (χ2n) is 5.66. The Morgan fingerprint density at radius 2 is 2.17 bits per heavy atom. The van der Waals surface area contributed by atoms with Crippen molar-refractivity contribution in [3.05, 3.63) is 40.1 Å². The molecule has 24 heavy (non-hydrogen) atoms. The molecule has 8 nitrogen and oxygen atoms in total. The average Bonchev–Trinajstić information content (AvgIpc) is 2.83.